The van der Waals surface area contributed by atoms with Crippen molar-refractivity contribution in [2.45, 2.75) is 24.8 Å². The molecule has 1 aliphatic heterocycles. The van der Waals surface area contributed by atoms with Crippen molar-refractivity contribution < 1.29 is 27.5 Å². The van der Waals surface area contributed by atoms with Crippen LogP contribution in [0.5, 0.6) is 0 Å². The predicted molar refractivity (Wildman–Crippen MR) is 137 cm³/mol. The number of halogens is 1. The third-order valence-corrected chi connectivity index (χ3v) is 6.79. The van der Waals surface area contributed by atoms with E-state index in [2.05, 4.69) is 15.0 Å². The molecule has 3 aromatic rings. The van der Waals surface area contributed by atoms with Crippen molar-refractivity contribution in [1.29, 1.82) is 0 Å². The summed E-state index contributed by atoms with van der Waals surface area (Å²) in [6.45, 7) is 3.45. The lowest BCUT2D eigenvalue weighted by Gasteiger charge is -2.16. The smallest absolute Gasteiger partial charge is 0.338 e. The Balaban J connectivity index is 1.48. The standard InChI is InChI=1S/C25H21ClN4O6S/c1-15(2)36-25(33)16-6-10-18(11-7-16)30-23(31)21(26)22(24(30)32)28-17-8-12-19(13-9-17)37(34,35)29-20-5-3-4-14-27-20/h3-15,28H,1-2H3,(H,27,29). The van der Waals surface area contributed by atoms with E-state index in [4.69, 9.17) is 16.3 Å². The van der Waals surface area contributed by atoms with E-state index in [-0.39, 0.29) is 38.8 Å². The molecule has 0 radical (unpaired) electrons. The fourth-order valence-electron chi connectivity index (χ4n) is 3.36. The normalized spacial score (nSPS) is 13.8. The highest BCUT2D eigenvalue weighted by Crippen LogP contribution is 2.30. The minimum atomic E-state index is -3.89. The van der Waals surface area contributed by atoms with Crippen molar-refractivity contribution in [1.82, 2.24) is 4.98 Å². The van der Waals surface area contributed by atoms with Gasteiger partial charge in [-0.2, -0.15) is 0 Å². The van der Waals surface area contributed by atoms with Gasteiger partial charge in [-0.1, -0.05) is 17.7 Å². The van der Waals surface area contributed by atoms with Crippen LogP contribution in [0.25, 0.3) is 0 Å². The number of hydrogen-bond acceptors (Lipinski definition) is 8. The summed E-state index contributed by atoms with van der Waals surface area (Å²) in [6.07, 6.45) is 1.16. The van der Waals surface area contributed by atoms with E-state index < -0.39 is 27.8 Å². The van der Waals surface area contributed by atoms with Gasteiger partial charge >= 0.3 is 5.97 Å². The molecule has 0 fully saturated rings. The lowest BCUT2D eigenvalue weighted by atomic mass is 10.2. The molecule has 0 saturated heterocycles. The highest BCUT2D eigenvalue weighted by Gasteiger charge is 2.39. The summed E-state index contributed by atoms with van der Waals surface area (Å²) in [6, 6.07) is 16.1. The van der Waals surface area contributed by atoms with Crippen LogP contribution in [0, 0.1) is 0 Å². The number of nitrogens with one attached hydrogen (secondary N) is 2. The molecule has 1 aromatic heterocycles. The first kappa shape index (κ1) is 25.9. The number of hydrogen-bond donors (Lipinski definition) is 2. The molecular formula is C25H21ClN4O6S. The fraction of sp³-hybridized carbons (Fsp3) is 0.120. The van der Waals surface area contributed by atoms with Crippen LogP contribution in [-0.2, 0) is 24.3 Å². The molecule has 37 heavy (non-hydrogen) atoms. The van der Waals surface area contributed by atoms with Gasteiger partial charge in [0.15, 0.2) is 0 Å². The number of nitrogens with zero attached hydrogens (tertiary/aromatic N) is 2. The highest BCUT2D eigenvalue weighted by atomic mass is 35.5. The number of carbonyl (C=O) groups is 3. The van der Waals surface area contributed by atoms with Gasteiger partial charge in [-0.3, -0.25) is 14.3 Å². The Morgan fingerprint density at radius 3 is 2.24 bits per heavy atom. The minimum Gasteiger partial charge on any atom is -0.459 e. The third kappa shape index (κ3) is 5.63. The Kier molecular flexibility index (Phi) is 7.28. The van der Waals surface area contributed by atoms with Crippen molar-refractivity contribution in [2.24, 2.45) is 0 Å². The molecule has 190 valence electrons. The summed E-state index contributed by atoms with van der Waals surface area (Å²) in [5.41, 5.74) is 0.645. The number of esters is 1. The Labute approximate surface area is 218 Å². The van der Waals surface area contributed by atoms with Gasteiger partial charge in [0.05, 0.1) is 22.3 Å². The Morgan fingerprint density at radius 2 is 1.65 bits per heavy atom. The molecule has 4 rings (SSSR count). The van der Waals surface area contributed by atoms with E-state index in [0.29, 0.717) is 5.69 Å². The maximum absolute atomic E-state index is 13.0. The highest BCUT2D eigenvalue weighted by molar-refractivity contribution is 7.92. The summed E-state index contributed by atoms with van der Waals surface area (Å²) in [5, 5.41) is 2.45. The first-order valence-corrected chi connectivity index (χ1v) is 12.8. The van der Waals surface area contributed by atoms with E-state index in [1.54, 1.807) is 26.0 Å². The summed E-state index contributed by atoms with van der Waals surface area (Å²) in [7, 11) is -3.89. The molecule has 2 heterocycles. The second kappa shape index (κ2) is 10.4. The predicted octanol–water partition coefficient (Wildman–Crippen LogP) is 3.88. The van der Waals surface area contributed by atoms with Gasteiger partial charge in [0, 0.05) is 11.9 Å². The van der Waals surface area contributed by atoms with Gasteiger partial charge in [0.1, 0.15) is 16.5 Å². The summed E-state index contributed by atoms with van der Waals surface area (Å²) in [5.74, 6) is -1.81. The van der Waals surface area contributed by atoms with Crippen LogP contribution >= 0.6 is 11.6 Å². The zero-order valence-corrected chi connectivity index (χ0v) is 21.2. The zero-order valence-electron chi connectivity index (χ0n) is 19.6. The number of imide groups is 1. The number of pyridine rings is 1. The maximum atomic E-state index is 13.0. The second-order valence-electron chi connectivity index (χ2n) is 8.11. The molecule has 0 bridgehead atoms. The molecular weight excluding hydrogens is 520 g/mol. The third-order valence-electron chi connectivity index (χ3n) is 5.07. The number of carbonyl (C=O) groups excluding carboxylic acids is 3. The SMILES string of the molecule is CC(C)OC(=O)c1ccc(N2C(=O)C(Cl)=C(Nc3ccc(S(=O)(=O)Nc4ccccn4)cc3)C2=O)cc1. The number of rotatable bonds is 8. The van der Waals surface area contributed by atoms with Gasteiger partial charge in [0.2, 0.25) is 0 Å². The van der Waals surface area contributed by atoms with Gasteiger partial charge in [-0.25, -0.2) is 23.1 Å². The fourth-order valence-corrected chi connectivity index (χ4v) is 4.58. The molecule has 12 heteroatoms. The molecule has 0 spiro atoms. The Morgan fingerprint density at radius 1 is 0.973 bits per heavy atom. The lowest BCUT2D eigenvalue weighted by molar-refractivity contribution is -0.120. The largest absolute Gasteiger partial charge is 0.459 e. The van der Waals surface area contributed by atoms with Crippen molar-refractivity contribution in [3.8, 4) is 0 Å². The van der Waals surface area contributed by atoms with Crippen LogP contribution in [0.2, 0.25) is 0 Å². The van der Waals surface area contributed by atoms with Gasteiger partial charge in [-0.15, -0.1) is 0 Å². The second-order valence-corrected chi connectivity index (χ2v) is 10.2. The number of ether oxygens (including phenoxy) is 1. The average Bonchev–Trinajstić information content (AvgIpc) is 3.07. The monoisotopic (exact) mass is 540 g/mol. The van der Waals surface area contributed by atoms with Crippen molar-refractivity contribution in [3.05, 3.63) is 89.2 Å². The van der Waals surface area contributed by atoms with Crippen LogP contribution in [-0.4, -0.2) is 37.3 Å². The molecule has 0 aliphatic carbocycles. The van der Waals surface area contributed by atoms with E-state index in [1.807, 2.05) is 0 Å². The van der Waals surface area contributed by atoms with Crippen LogP contribution in [0.1, 0.15) is 24.2 Å². The Bertz CT molecular complexity index is 1490. The molecule has 0 atom stereocenters. The van der Waals surface area contributed by atoms with Gasteiger partial charge in [-0.05, 0) is 74.5 Å². The van der Waals surface area contributed by atoms with Crippen LogP contribution in [0.3, 0.4) is 0 Å². The Hall–Kier alpha value is -4.22. The van der Waals surface area contributed by atoms with E-state index in [1.165, 1.54) is 60.8 Å². The van der Waals surface area contributed by atoms with Crippen molar-refractivity contribution in [2.75, 3.05) is 14.9 Å². The minimum absolute atomic E-state index is 0.0321. The number of sulfonamides is 1. The zero-order chi connectivity index (χ0) is 26.7. The number of amides is 2. The maximum Gasteiger partial charge on any atom is 0.338 e. The molecule has 10 nitrogen and oxygen atoms in total. The summed E-state index contributed by atoms with van der Waals surface area (Å²) >= 11 is 6.17. The number of aromatic nitrogens is 1. The number of benzene rings is 2. The molecule has 0 unspecified atom stereocenters. The molecule has 2 amide bonds. The lowest BCUT2D eigenvalue weighted by Crippen LogP contribution is -2.32. The van der Waals surface area contributed by atoms with E-state index in [9.17, 15) is 22.8 Å². The average molecular weight is 541 g/mol. The first-order chi connectivity index (χ1) is 17.6. The van der Waals surface area contributed by atoms with Gasteiger partial charge in [0.25, 0.3) is 21.8 Å². The summed E-state index contributed by atoms with van der Waals surface area (Å²) in [4.78, 5) is 42.6. The first-order valence-electron chi connectivity index (χ1n) is 11.0. The van der Waals surface area contributed by atoms with Crippen molar-refractivity contribution in [3.63, 3.8) is 0 Å². The van der Waals surface area contributed by atoms with Gasteiger partial charge < -0.3 is 10.1 Å². The van der Waals surface area contributed by atoms with Crippen LogP contribution < -0.4 is 14.9 Å². The number of anilines is 3. The van der Waals surface area contributed by atoms with Crippen LogP contribution in [0.15, 0.2) is 88.6 Å². The quantitative estimate of drug-likeness (QED) is 0.324. The van der Waals surface area contributed by atoms with Crippen molar-refractivity contribution >= 4 is 56.6 Å². The molecule has 1 aliphatic rings. The van der Waals surface area contributed by atoms with Crippen LogP contribution in [0.4, 0.5) is 17.2 Å². The molecule has 2 aromatic carbocycles. The summed E-state index contributed by atoms with van der Waals surface area (Å²) < 4.78 is 32.7. The molecule has 2 N–H and O–H groups in total. The topological polar surface area (TPSA) is 135 Å². The van der Waals surface area contributed by atoms with E-state index >= 15 is 0 Å². The van der Waals surface area contributed by atoms with E-state index in [0.717, 1.165) is 4.90 Å². The molecule has 0 saturated carbocycles.